The number of allylic oxidation sites excluding steroid dienone is 2. The molecule has 0 aromatic rings. The van der Waals surface area contributed by atoms with E-state index >= 15 is 0 Å². The SMILES string of the molecule is CO[C@H]1CC[C@@]2(C)C(CC[C@]3(C)C2CC(=O)C2C(C(C)(O)CCC=C(C)C)CC[C@]23C)C1(C)C. The van der Waals surface area contributed by atoms with Gasteiger partial charge in [-0.2, -0.15) is 0 Å². The molecule has 4 fully saturated rings. The maximum atomic E-state index is 14.1. The Morgan fingerprint density at radius 1 is 1.03 bits per heavy atom. The number of hydrogen-bond acceptors (Lipinski definition) is 3. The molecule has 0 spiro atoms. The minimum atomic E-state index is -0.785. The third kappa shape index (κ3) is 3.61. The van der Waals surface area contributed by atoms with Gasteiger partial charge < -0.3 is 9.84 Å². The molecule has 0 bridgehead atoms. The Labute approximate surface area is 209 Å². The van der Waals surface area contributed by atoms with E-state index < -0.39 is 5.60 Å². The smallest absolute Gasteiger partial charge is 0.137 e. The Hall–Kier alpha value is -0.670. The Morgan fingerprint density at radius 2 is 1.68 bits per heavy atom. The number of aliphatic hydroxyl groups is 1. The van der Waals surface area contributed by atoms with Gasteiger partial charge in [0.1, 0.15) is 5.78 Å². The normalized spacial score (nSPS) is 47.2. The van der Waals surface area contributed by atoms with Gasteiger partial charge in [-0.15, -0.1) is 0 Å². The zero-order valence-corrected chi connectivity index (χ0v) is 23.6. The highest BCUT2D eigenvalue weighted by molar-refractivity contribution is 5.84. The summed E-state index contributed by atoms with van der Waals surface area (Å²) in [6, 6.07) is 0. The van der Waals surface area contributed by atoms with Crippen LogP contribution in [0, 0.1) is 45.3 Å². The minimum Gasteiger partial charge on any atom is -0.390 e. The van der Waals surface area contributed by atoms with Crippen molar-refractivity contribution in [3.8, 4) is 0 Å². The first kappa shape index (κ1) is 26.4. The zero-order valence-electron chi connectivity index (χ0n) is 23.6. The van der Waals surface area contributed by atoms with E-state index in [0.717, 1.165) is 38.5 Å². The quantitative estimate of drug-likeness (QED) is 0.425. The van der Waals surface area contributed by atoms with Crippen LogP contribution in [0.15, 0.2) is 11.6 Å². The van der Waals surface area contributed by atoms with E-state index in [1.807, 2.05) is 14.0 Å². The highest BCUT2D eigenvalue weighted by Crippen LogP contribution is 2.75. The van der Waals surface area contributed by atoms with Crippen molar-refractivity contribution in [3.63, 3.8) is 0 Å². The average molecular weight is 473 g/mol. The molecule has 4 aliphatic rings. The predicted octanol–water partition coefficient (Wildman–Crippen LogP) is 7.36. The number of methoxy groups -OCH3 is 1. The summed E-state index contributed by atoms with van der Waals surface area (Å²) in [5.41, 5.74) is 0.960. The van der Waals surface area contributed by atoms with E-state index in [0.29, 0.717) is 30.1 Å². The molecule has 0 aliphatic heterocycles. The van der Waals surface area contributed by atoms with Gasteiger partial charge in [0.05, 0.1) is 11.7 Å². The lowest BCUT2D eigenvalue weighted by atomic mass is 9.35. The standard InChI is InChI=1S/C31H52O3/c1-20(2)11-10-15-31(8,33)21-12-17-30(7)26(21)22(32)19-24-28(5)16-14-25(34-9)27(3,4)23(28)13-18-29(24,30)6/h11,21,23-26,33H,10,12-19H2,1-9H3/t21?,23?,24?,25-,26?,28-,29+,30+,31?/m0/s1. The first-order valence-electron chi connectivity index (χ1n) is 14.1. The van der Waals surface area contributed by atoms with Crippen LogP contribution in [0.3, 0.4) is 0 Å². The fraction of sp³-hybridized carbons (Fsp3) is 0.903. The molecule has 0 aromatic carbocycles. The summed E-state index contributed by atoms with van der Waals surface area (Å²) >= 11 is 0. The third-order valence-corrected chi connectivity index (χ3v) is 12.4. The predicted molar refractivity (Wildman–Crippen MR) is 139 cm³/mol. The lowest BCUT2D eigenvalue weighted by molar-refractivity contribution is -0.223. The van der Waals surface area contributed by atoms with Crippen LogP contribution in [-0.2, 0) is 9.53 Å². The van der Waals surface area contributed by atoms with Crippen molar-refractivity contribution in [1.82, 2.24) is 0 Å². The Kier molecular flexibility index (Phi) is 6.55. The van der Waals surface area contributed by atoms with Crippen LogP contribution in [0.25, 0.3) is 0 Å². The van der Waals surface area contributed by atoms with Gasteiger partial charge in [-0.1, -0.05) is 46.3 Å². The highest BCUT2D eigenvalue weighted by atomic mass is 16.5. The van der Waals surface area contributed by atoms with Gasteiger partial charge in [0, 0.05) is 19.4 Å². The molecule has 0 heterocycles. The van der Waals surface area contributed by atoms with Gasteiger partial charge in [-0.25, -0.2) is 0 Å². The topological polar surface area (TPSA) is 46.5 Å². The first-order chi connectivity index (χ1) is 15.6. The molecule has 3 heteroatoms. The Balaban J connectivity index is 1.66. The lowest BCUT2D eigenvalue weighted by Gasteiger charge is -2.69. The Bertz CT molecular complexity index is 836. The molecule has 0 aromatic heterocycles. The summed E-state index contributed by atoms with van der Waals surface area (Å²) in [5.74, 6) is 1.55. The zero-order chi connectivity index (χ0) is 25.3. The number of hydrogen-bond donors (Lipinski definition) is 1. The molecule has 34 heavy (non-hydrogen) atoms. The van der Waals surface area contributed by atoms with E-state index in [9.17, 15) is 9.90 Å². The molecule has 3 nitrogen and oxygen atoms in total. The van der Waals surface area contributed by atoms with Gasteiger partial charge in [-0.3, -0.25) is 4.79 Å². The molecule has 0 radical (unpaired) electrons. The lowest BCUT2D eigenvalue weighted by Crippen LogP contribution is -2.66. The van der Waals surface area contributed by atoms with E-state index in [4.69, 9.17) is 4.74 Å². The third-order valence-electron chi connectivity index (χ3n) is 12.4. The van der Waals surface area contributed by atoms with E-state index in [1.54, 1.807) is 0 Å². The number of rotatable bonds is 5. The number of Topliss-reactive ketones (excluding diaryl/α,β-unsaturated/α-hetero) is 1. The fourth-order valence-electron chi connectivity index (χ4n) is 10.4. The fourth-order valence-corrected chi connectivity index (χ4v) is 10.4. The van der Waals surface area contributed by atoms with Crippen LogP contribution < -0.4 is 0 Å². The van der Waals surface area contributed by atoms with Crippen molar-refractivity contribution in [2.75, 3.05) is 7.11 Å². The highest BCUT2D eigenvalue weighted by Gasteiger charge is 2.71. The van der Waals surface area contributed by atoms with Gasteiger partial charge >= 0.3 is 0 Å². The van der Waals surface area contributed by atoms with Gasteiger partial charge in [-0.05, 0) is 112 Å². The molecule has 4 rings (SSSR count). The molecule has 4 aliphatic carbocycles. The molecule has 0 amide bonds. The molecule has 4 saturated carbocycles. The molecule has 9 atom stereocenters. The second-order valence-corrected chi connectivity index (χ2v) is 14.5. The molecule has 0 saturated heterocycles. The number of ketones is 1. The molecule has 5 unspecified atom stereocenters. The number of carbonyl (C=O) groups excluding carboxylic acids is 1. The number of ether oxygens (including phenoxy) is 1. The van der Waals surface area contributed by atoms with Crippen LogP contribution in [0.4, 0.5) is 0 Å². The van der Waals surface area contributed by atoms with Crippen LogP contribution >= 0.6 is 0 Å². The van der Waals surface area contributed by atoms with E-state index in [2.05, 4.69) is 54.5 Å². The van der Waals surface area contributed by atoms with Crippen molar-refractivity contribution in [2.24, 2.45) is 45.3 Å². The van der Waals surface area contributed by atoms with Gasteiger partial charge in [0.15, 0.2) is 0 Å². The van der Waals surface area contributed by atoms with Crippen molar-refractivity contribution >= 4 is 5.78 Å². The van der Waals surface area contributed by atoms with Crippen LogP contribution in [0.1, 0.15) is 113 Å². The number of fused-ring (bicyclic) bond motifs is 5. The van der Waals surface area contributed by atoms with Crippen LogP contribution in [0.5, 0.6) is 0 Å². The molecular weight excluding hydrogens is 420 g/mol. The maximum absolute atomic E-state index is 14.1. The van der Waals surface area contributed by atoms with Crippen LogP contribution in [-0.4, -0.2) is 29.7 Å². The summed E-state index contributed by atoms with van der Waals surface area (Å²) in [6.45, 7) is 18.6. The van der Waals surface area contributed by atoms with E-state index in [1.165, 1.54) is 18.4 Å². The summed E-state index contributed by atoms with van der Waals surface area (Å²) < 4.78 is 5.97. The summed E-state index contributed by atoms with van der Waals surface area (Å²) in [4.78, 5) is 14.1. The van der Waals surface area contributed by atoms with Crippen molar-refractivity contribution in [1.29, 1.82) is 0 Å². The van der Waals surface area contributed by atoms with Gasteiger partial charge in [0.2, 0.25) is 0 Å². The van der Waals surface area contributed by atoms with Gasteiger partial charge in [0.25, 0.3) is 0 Å². The summed E-state index contributed by atoms with van der Waals surface area (Å²) in [6.07, 6.45) is 11.6. The minimum absolute atomic E-state index is 0.000993. The molecular formula is C31H52O3. The average Bonchev–Trinajstić information content (AvgIpc) is 3.10. The first-order valence-corrected chi connectivity index (χ1v) is 14.1. The second kappa shape index (κ2) is 8.44. The molecule has 1 N–H and O–H groups in total. The second-order valence-electron chi connectivity index (χ2n) is 14.5. The maximum Gasteiger partial charge on any atom is 0.137 e. The van der Waals surface area contributed by atoms with E-state index in [-0.39, 0.29) is 33.5 Å². The largest absolute Gasteiger partial charge is 0.390 e. The number of carbonyl (C=O) groups is 1. The van der Waals surface area contributed by atoms with Crippen LogP contribution in [0.2, 0.25) is 0 Å². The monoisotopic (exact) mass is 472 g/mol. The summed E-state index contributed by atoms with van der Waals surface area (Å²) in [7, 11) is 1.87. The summed E-state index contributed by atoms with van der Waals surface area (Å²) in [5, 5.41) is 11.6. The Morgan fingerprint density at radius 3 is 2.29 bits per heavy atom. The molecule has 194 valence electrons. The van der Waals surface area contributed by atoms with Crippen molar-refractivity contribution < 1.29 is 14.6 Å². The van der Waals surface area contributed by atoms with Crippen molar-refractivity contribution in [3.05, 3.63) is 11.6 Å². The van der Waals surface area contributed by atoms with Crippen molar-refractivity contribution in [2.45, 2.75) is 125 Å².